The summed E-state index contributed by atoms with van der Waals surface area (Å²) in [5.41, 5.74) is 2.25. The zero-order valence-electron chi connectivity index (χ0n) is 6.45. The fourth-order valence-corrected chi connectivity index (χ4v) is 1.29. The van der Waals surface area contributed by atoms with Crippen LogP contribution in [0.3, 0.4) is 0 Å². The lowest BCUT2D eigenvalue weighted by Gasteiger charge is -2.10. The molecule has 10 heavy (non-hydrogen) atoms. The van der Waals surface area contributed by atoms with E-state index < -0.39 is 0 Å². The second kappa shape index (κ2) is 3.55. The van der Waals surface area contributed by atoms with Crippen LogP contribution in [0.15, 0.2) is 12.2 Å². The molecule has 56 valence electrons. The van der Waals surface area contributed by atoms with Crippen LogP contribution in [0.5, 0.6) is 0 Å². The summed E-state index contributed by atoms with van der Waals surface area (Å²) in [5.74, 6) is 0. The van der Waals surface area contributed by atoms with Gasteiger partial charge in [-0.25, -0.2) is 0 Å². The van der Waals surface area contributed by atoms with Crippen LogP contribution in [0.4, 0.5) is 0 Å². The molecule has 0 atom stereocenters. The average Bonchev–Trinajstić information content (AvgIpc) is 1.90. The Balaban J connectivity index is 2.36. The van der Waals surface area contributed by atoms with E-state index in [1.165, 1.54) is 24.8 Å². The third-order valence-electron chi connectivity index (χ3n) is 2.04. The minimum Gasteiger partial charge on any atom is -0.310 e. The highest BCUT2D eigenvalue weighted by molar-refractivity contribution is 5.81. The monoisotopic (exact) mass is 137 g/mol. The van der Waals surface area contributed by atoms with Crippen LogP contribution in [0.1, 0.15) is 38.5 Å². The van der Waals surface area contributed by atoms with Crippen molar-refractivity contribution < 1.29 is 0 Å². The second-order valence-electron chi connectivity index (χ2n) is 3.06. The van der Waals surface area contributed by atoms with Crippen molar-refractivity contribution in [2.75, 3.05) is 0 Å². The summed E-state index contributed by atoms with van der Waals surface area (Å²) in [6, 6.07) is 0. The van der Waals surface area contributed by atoms with Crippen molar-refractivity contribution in [3.05, 3.63) is 12.2 Å². The van der Waals surface area contributed by atoms with Crippen LogP contribution in [-0.4, -0.2) is 5.71 Å². The molecule has 0 saturated heterocycles. The Labute approximate surface area is 62.6 Å². The first-order chi connectivity index (χ1) is 4.79. The van der Waals surface area contributed by atoms with Crippen LogP contribution in [0.2, 0.25) is 0 Å². The first-order valence-corrected chi connectivity index (χ1v) is 4.02. The molecule has 1 rings (SSSR count). The number of hydrogen-bond donors (Lipinski definition) is 1. The fraction of sp³-hybridized carbons (Fsp3) is 0.667. The van der Waals surface area contributed by atoms with E-state index >= 15 is 0 Å². The van der Waals surface area contributed by atoms with Crippen molar-refractivity contribution in [2.24, 2.45) is 0 Å². The van der Waals surface area contributed by atoms with Crippen LogP contribution < -0.4 is 0 Å². The van der Waals surface area contributed by atoms with E-state index in [1.54, 1.807) is 0 Å². The molecule has 0 spiro atoms. The van der Waals surface area contributed by atoms with Crippen molar-refractivity contribution in [1.82, 2.24) is 0 Å². The number of nitrogens with one attached hydrogen (secondary N) is 1. The van der Waals surface area contributed by atoms with E-state index in [0.29, 0.717) is 0 Å². The van der Waals surface area contributed by atoms with Gasteiger partial charge in [0, 0.05) is 5.71 Å². The van der Waals surface area contributed by atoms with Crippen molar-refractivity contribution in [2.45, 2.75) is 38.5 Å². The summed E-state index contributed by atoms with van der Waals surface area (Å²) in [4.78, 5) is 0. The molecule has 1 saturated carbocycles. The van der Waals surface area contributed by atoms with E-state index in [2.05, 4.69) is 6.58 Å². The Hall–Kier alpha value is -0.590. The maximum Gasteiger partial charge on any atom is 0.00923 e. The maximum absolute atomic E-state index is 7.47. The average molecular weight is 137 g/mol. The molecule has 0 unspecified atom stereocenters. The standard InChI is InChI=1S/C9H15N/c1-8-4-2-3-5-9(10)7-6-8/h10H,1-7H2. The van der Waals surface area contributed by atoms with Crippen LogP contribution in [0.25, 0.3) is 0 Å². The smallest absolute Gasteiger partial charge is 0.00923 e. The van der Waals surface area contributed by atoms with Gasteiger partial charge in [-0.1, -0.05) is 12.2 Å². The molecule has 1 heteroatoms. The molecule has 0 amide bonds. The third-order valence-corrected chi connectivity index (χ3v) is 2.04. The summed E-state index contributed by atoms with van der Waals surface area (Å²) in [7, 11) is 0. The van der Waals surface area contributed by atoms with Gasteiger partial charge in [0.05, 0.1) is 0 Å². The highest BCUT2D eigenvalue weighted by atomic mass is 14.4. The molecule has 0 aromatic heterocycles. The zero-order valence-corrected chi connectivity index (χ0v) is 6.45. The zero-order chi connectivity index (χ0) is 7.40. The Morgan fingerprint density at radius 1 is 1.00 bits per heavy atom. The third kappa shape index (κ3) is 2.34. The molecule has 0 heterocycles. The van der Waals surface area contributed by atoms with Gasteiger partial charge in [0.2, 0.25) is 0 Å². The highest BCUT2D eigenvalue weighted by Crippen LogP contribution is 2.17. The molecule has 1 aliphatic carbocycles. The van der Waals surface area contributed by atoms with Gasteiger partial charge < -0.3 is 5.41 Å². The lowest BCUT2D eigenvalue weighted by Crippen LogP contribution is -2.00. The maximum atomic E-state index is 7.47. The Kier molecular flexibility index (Phi) is 2.67. The van der Waals surface area contributed by atoms with Crippen molar-refractivity contribution in [3.63, 3.8) is 0 Å². The normalized spacial score (nSPS) is 22.0. The van der Waals surface area contributed by atoms with Gasteiger partial charge in [0.25, 0.3) is 0 Å². The van der Waals surface area contributed by atoms with Gasteiger partial charge >= 0.3 is 0 Å². The molecule has 0 aromatic carbocycles. The molecule has 0 radical (unpaired) electrons. The minimum absolute atomic E-state index is 0.917. The molecule has 1 aliphatic rings. The number of allylic oxidation sites excluding steroid dienone is 1. The molecule has 0 aliphatic heterocycles. The first kappa shape index (κ1) is 7.52. The van der Waals surface area contributed by atoms with Crippen molar-refractivity contribution in [1.29, 1.82) is 5.41 Å². The molecule has 1 nitrogen and oxygen atoms in total. The first-order valence-electron chi connectivity index (χ1n) is 4.02. The van der Waals surface area contributed by atoms with Crippen LogP contribution in [-0.2, 0) is 0 Å². The molecule has 1 N–H and O–H groups in total. The van der Waals surface area contributed by atoms with Gasteiger partial charge in [-0.3, -0.25) is 0 Å². The fourth-order valence-electron chi connectivity index (χ4n) is 1.29. The number of rotatable bonds is 0. The molecule has 0 aromatic rings. The molecule has 0 bridgehead atoms. The number of hydrogen-bond acceptors (Lipinski definition) is 1. The van der Waals surface area contributed by atoms with E-state index in [1.807, 2.05) is 0 Å². The Morgan fingerprint density at radius 2 is 1.70 bits per heavy atom. The quantitative estimate of drug-likeness (QED) is 0.496. The predicted molar refractivity (Wildman–Crippen MR) is 44.6 cm³/mol. The lowest BCUT2D eigenvalue weighted by atomic mass is 9.96. The minimum atomic E-state index is 0.917. The lowest BCUT2D eigenvalue weighted by molar-refractivity contribution is 0.704. The van der Waals surface area contributed by atoms with Crippen molar-refractivity contribution in [3.8, 4) is 0 Å². The highest BCUT2D eigenvalue weighted by Gasteiger charge is 2.04. The summed E-state index contributed by atoms with van der Waals surface area (Å²) in [5, 5.41) is 7.47. The van der Waals surface area contributed by atoms with Crippen molar-refractivity contribution >= 4 is 5.71 Å². The van der Waals surface area contributed by atoms with Gasteiger partial charge in [-0.2, -0.15) is 0 Å². The van der Waals surface area contributed by atoms with Crippen LogP contribution >= 0.6 is 0 Å². The Morgan fingerprint density at radius 3 is 2.50 bits per heavy atom. The molecular formula is C9H15N. The second-order valence-corrected chi connectivity index (χ2v) is 3.06. The van der Waals surface area contributed by atoms with Gasteiger partial charge in [-0.15, -0.1) is 0 Å². The topological polar surface area (TPSA) is 23.9 Å². The van der Waals surface area contributed by atoms with E-state index in [0.717, 1.165) is 25.0 Å². The summed E-state index contributed by atoms with van der Waals surface area (Å²) in [6.45, 7) is 3.95. The van der Waals surface area contributed by atoms with E-state index in [-0.39, 0.29) is 0 Å². The van der Waals surface area contributed by atoms with Gasteiger partial charge in [0.1, 0.15) is 0 Å². The van der Waals surface area contributed by atoms with Crippen LogP contribution in [0, 0.1) is 5.41 Å². The predicted octanol–water partition coefficient (Wildman–Crippen LogP) is 2.92. The van der Waals surface area contributed by atoms with E-state index in [4.69, 9.17) is 5.41 Å². The van der Waals surface area contributed by atoms with Gasteiger partial charge in [0.15, 0.2) is 0 Å². The molecule has 1 fully saturated rings. The van der Waals surface area contributed by atoms with E-state index in [9.17, 15) is 0 Å². The summed E-state index contributed by atoms with van der Waals surface area (Å²) >= 11 is 0. The van der Waals surface area contributed by atoms with Gasteiger partial charge in [-0.05, 0) is 38.5 Å². The molecular weight excluding hydrogens is 122 g/mol. The Bertz CT molecular complexity index is 129. The largest absolute Gasteiger partial charge is 0.310 e. The summed E-state index contributed by atoms with van der Waals surface area (Å²) in [6.07, 6.45) is 6.65. The summed E-state index contributed by atoms with van der Waals surface area (Å²) < 4.78 is 0. The SMILES string of the molecule is C=C1CCCCC(=N)CC1.